The second-order valence-corrected chi connectivity index (χ2v) is 13.0. The van der Waals surface area contributed by atoms with Crippen LogP contribution in [-0.4, -0.2) is 59.4 Å². The molecule has 2 aliphatic carbocycles. The molecule has 2 rings (SSSR count). The monoisotopic (exact) mass is 454 g/mol. The minimum absolute atomic E-state index is 0.0567. The van der Waals surface area contributed by atoms with Crippen molar-refractivity contribution >= 4 is 11.8 Å². The average Bonchev–Trinajstić information content (AvgIpc) is 2.59. The summed E-state index contributed by atoms with van der Waals surface area (Å²) in [6.45, 7) is 13.5. The molecule has 32 heavy (non-hydrogen) atoms. The van der Waals surface area contributed by atoms with Crippen molar-refractivity contribution in [1.82, 2.24) is 10.6 Å². The lowest BCUT2D eigenvalue weighted by Crippen LogP contribution is -2.54. The lowest BCUT2D eigenvalue weighted by atomic mass is 9.63. The molecule has 186 valence electrons. The first-order valence-corrected chi connectivity index (χ1v) is 11.9. The molecule has 0 spiro atoms. The van der Waals surface area contributed by atoms with Gasteiger partial charge in [-0.1, -0.05) is 41.5 Å². The van der Waals surface area contributed by atoms with Gasteiger partial charge in [0.15, 0.2) is 12.2 Å². The van der Waals surface area contributed by atoms with Crippen LogP contribution in [0.5, 0.6) is 0 Å². The third kappa shape index (κ3) is 7.40. The third-order valence-electron chi connectivity index (χ3n) is 7.17. The van der Waals surface area contributed by atoms with Gasteiger partial charge in [0.2, 0.25) is 0 Å². The first kappa shape index (κ1) is 27.0. The largest absolute Gasteiger partial charge is 0.380 e. The van der Waals surface area contributed by atoms with Gasteiger partial charge < -0.3 is 32.3 Å². The number of carbonyl (C=O) groups excluding carboxylic acids is 2. The fourth-order valence-electron chi connectivity index (χ4n) is 6.80. The highest BCUT2D eigenvalue weighted by molar-refractivity contribution is 5.90. The zero-order valence-corrected chi connectivity index (χ0v) is 20.8. The van der Waals surface area contributed by atoms with Crippen LogP contribution in [0.2, 0.25) is 0 Å². The molecular weight excluding hydrogens is 408 g/mol. The summed E-state index contributed by atoms with van der Waals surface area (Å²) in [5, 5.41) is 26.0. The van der Waals surface area contributed by atoms with Crippen molar-refractivity contribution in [3.63, 3.8) is 0 Å². The molecule has 2 saturated carbocycles. The smallest absolute Gasteiger partial charge is 0.252 e. The summed E-state index contributed by atoms with van der Waals surface area (Å²) in [7, 11) is 0. The van der Waals surface area contributed by atoms with Gasteiger partial charge in [-0.05, 0) is 60.2 Å². The molecule has 6 atom stereocenters. The molecule has 0 aliphatic heterocycles. The van der Waals surface area contributed by atoms with Crippen molar-refractivity contribution in [2.45, 2.75) is 104 Å². The minimum Gasteiger partial charge on any atom is -0.380 e. The fourth-order valence-corrected chi connectivity index (χ4v) is 6.80. The number of rotatable bonds is 7. The van der Waals surface area contributed by atoms with Gasteiger partial charge in [0, 0.05) is 25.2 Å². The number of aliphatic hydroxyl groups excluding tert-OH is 2. The number of amides is 2. The number of hydrogen-bond acceptors (Lipinski definition) is 6. The Morgan fingerprint density at radius 2 is 1.06 bits per heavy atom. The Kier molecular flexibility index (Phi) is 8.08. The van der Waals surface area contributed by atoms with E-state index in [2.05, 4.69) is 52.2 Å². The molecule has 0 bridgehead atoms. The number of nitrogens with two attached hydrogens (primary N) is 2. The molecule has 0 aromatic rings. The molecule has 2 amide bonds. The van der Waals surface area contributed by atoms with Crippen LogP contribution in [0, 0.1) is 21.7 Å². The second-order valence-electron chi connectivity index (χ2n) is 13.0. The van der Waals surface area contributed by atoms with Crippen LogP contribution in [0.1, 0.15) is 80.1 Å². The Morgan fingerprint density at radius 1 is 0.750 bits per heavy atom. The Bertz CT molecular complexity index is 639. The molecule has 2 aliphatic rings. The van der Waals surface area contributed by atoms with Crippen molar-refractivity contribution in [3.05, 3.63) is 0 Å². The Hall–Kier alpha value is -1.22. The maximum Gasteiger partial charge on any atom is 0.252 e. The molecule has 6 unspecified atom stereocenters. The minimum atomic E-state index is -1.83. The molecule has 0 heterocycles. The van der Waals surface area contributed by atoms with Gasteiger partial charge in [-0.25, -0.2) is 0 Å². The maximum absolute atomic E-state index is 12.5. The van der Waals surface area contributed by atoms with Gasteiger partial charge >= 0.3 is 0 Å². The van der Waals surface area contributed by atoms with Crippen molar-refractivity contribution in [2.24, 2.45) is 33.1 Å². The zero-order chi connectivity index (χ0) is 24.5. The molecule has 0 aromatic heterocycles. The molecule has 2 fully saturated rings. The summed E-state index contributed by atoms with van der Waals surface area (Å²) in [6.07, 6.45) is 1.52. The van der Waals surface area contributed by atoms with Crippen LogP contribution in [0.15, 0.2) is 0 Å². The van der Waals surface area contributed by atoms with E-state index >= 15 is 0 Å². The Labute approximate surface area is 193 Å². The highest BCUT2D eigenvalue weighted by atomic mass is 16.3. The Morgan fingerprint density at radius 3 is 1.34 bits per heavy atom. The molecule has 0 aromatic carbocycles. The van der Waals surface area contributed by atoms with E-state index in [1.165, 1.54) is 0 Å². The van der Waals surface area contributed by atoms with E-state index in [1.807, 2.05) is 0 Å². The number of carbonyl (C=O) groups is 2. The lowest BCUT2D eigenvalue weighted by Gasteiger charge is -2.46. The standard InChI is InChI=1S/C24H46N4O4/c1-21(2)7-15(25)9-23(5,11-21)13-27-19(31)17(29)18(30)20(32)28-14-24(6)10-16(26)8-22(3,4)12-24/h15-18,29-30H,7-14,25-26H2,1-6H3,(H,27,31)(H,28,32). The maximum atomic E-state index is 12.5. The van der Waals surface area contributed by atoms with E-state index in [9.17, 15) is 19.8 Å². The van der Waals surface area contributed by atoms with E-state index in [1.54, 1.807) is 0 Å². The van der Waals surface area contributed by atoms with E-state index < -0.39 is 24.0 Å². The average molecular weight is 455 g/mol. The van der Waals surface area contributed by atoms with Crippen molar-refractivity contribution in [1.29, 1.82) is 0 Å². The number of nitrogens with one attached hydrogen (secondary N) is 2. The normalized spacial score (nSPS) is 36.1. The van der Waals surface area contributed by atoms with E-state index in [-0.39, 0.29) is 33.7 Å². The van der Waals surface area contributed by atoms with E-state index in [4.69, 9.17) is 11.5 Å². The van der Waals surface area contributed by atoms with Crippen LogP contribution in [-0.2, 0) is 9.59 Å². The first-order valence-electron chi connectivity index (χ1n) is 11.9. The van der Waals surface area contributed by atoms with Gasteiger partial charge in [0.25, 0.3) is 11.8 Å². The quantitative estimate of drug-likeness (QED) is 0.338. The number of aliphatic hydroxyl groups is 2. The van der Waals surface area contributed by atoms with Gasteiger partial charge in [0.05, 0.1) is 0 Å². The van der Waals surface area contributed by atoms with E-state index in [0.29, 0.717) is 13.1 Å². The van der Waals surface area contributed by atoms with Crippen molar-refractivity contribution < 1.29 is 19.8 Å². The predicted octanol–water partition coefficient (Wildman–Crippen LogP) is 1.03. The Balaban J connectivity index is 1.87. The first-order chi connectivity index (χ1) is 14.4. The summed E-state index contributed by atoms with van der Waals surface area (Å²) in [5.74, 6) is -1.50. The van der Waals surface area contributed by atoms with Crippen LogP contribution < -0.4 is 22.1 Å². The molecule has 0 radical (unpaired) electrons. The van der Waals surface area contributed by atoms with Crippen molar-refractivity contribution in [2.75, 3.05) is 13.1 Å². The molecule has 8 nitrogen and oxygen atoms in total. The van der Waals surface area contributed by atoms with Crippen LogP contribution >= 0.6 is 0 Å². The highest BCUT2D eigenvalue weighted by Crippen LogP contribution is 2.46. The van der Waals surface area contributed by atoms with E-state index in [0.717, 1.165) is 38.5 Å². The highest BCUT2D eigenvalue weighted by Gasteiger charge is 2.42. The van der Waals surface area contributed by atoms with Crippen molar-refractivity contribution in [3.8, 4) is 0 Å². The fraction of sp³-hybridized carbons (Fsp3) is 0.917. The van der Waals surface area contributed by atoms with Gasteiger partial charge in [-0.3, -0.25) is 9.59 Å². The SMILES string of the molecule is CC1(C)CC(N)CC(C)(CNC(=O)C(O)C(O)C(=O)NCC2(C)CC(N)CC(C)(C)C2)C1. The molecule has 8 N–H and O–H groups in total. The van der Waals surface area contributed by atoms with Crippen LogP contribution in [0.3, 0.4) is 0 Å². The third-order valence-corrected chi connectivity index (χ3v) is 7.17. The van der Waals surface area contributed by atoms with Crippen LogP contribution in [0.4, 0.5) is 0 Å². The van der Waals surface area contributed by atoms with Gasteiger partial charge in [0.1, 0.15) is 0 Å². The van der Waals surface area contributed by atoms with Gasteiger partial charge in [-0.2, -0.15) is 0 Å². The summed E-state index contributed by atoms with van der Waals surface area (Å²) in [5.41, 5.74) is 12.2. The topological polar surface area (TPSA) is 151 Å². The summed E-state index contributed by atoms with van der Waals surface area (Å²) >= 11 is 0. The number of hydrogen-bond donors (Lipinski definition) is 6. The molecular formula is C24H46N4O4. The summed E-state index contributed by atoms with van der Waals surface area (Å²) in [6, 6.07) is 0.113. The second kappa shape index (κ2) is 9.57. The van der Waals surface area contributed by atoms with Gasteiger partial charge in [-0.15, -0.1) is 0 Å². The summed E-state index contributed by atoms with van der Waals surface area (Å²) in [4.78, 5) is 24.9. The molecule has 8 heteroatoms. The zero-order valence-electron chi connectivity index (χ0n) is 20.8. The lowest BCUT2D eigenvalue weighted by molar-refractivity contribution is -0.146. The predicted molar refractivity (Wildman–Crippen MR) is 125 cm³/mol. The molecule has 0 saturated heterocycles. The summed E-state index contributed by atoms with van der Waals surface area (Å²) < 4.78 is 0. The van der Waals surface area contributed by atoms with Crippen LogP contribution in [0.25, 0.3) is 0 Å².